The van der Waals surface area contributed by atoms with Crippen molar-refractivity contribution in [3.63, 3.8) is 0 Å². The number of benzene rings is 3. The van der Waals surface area contributed by atoms with Crippen LogP contribution >= 0.6 is 0 Å². The summed E-state index contributed by atoms with van der Waals surface area (Å²) in [5, 5.41) is 5.46. The average Bonchev–Trinajstić information content (AvgIpc) is 3.15. The summed E-state index contributed by atoms with van der Waals surface area (Å²) >= 11 is 0. The van der Waals surface area contributed by atoms with E-state index in [1.165, 1.54) is 18.2 Å². The standard InChI is InChI=1S/C40H52FN5O7/c1-6-52-39(51)33-25-29(9-16-34(33)41)27-43-38(50)30-10-14-32(15-11-30)53-24-23-46(5)37(49)18-21-40(2,3)20-17-36(48)45(4)22-19-28-7-12-31(13-8-28)44-35(47)26-42/h7-16,25H,6,17-24,26-27,42H2,1-5H3,(H,43,50)(H,44,47). The maximum absolute atomic E-state index is 14.0. The number of carbonyl (C=O) groups excluding carboxylic acids is 5. The number of rotatable bonds is 20. The van der Waals surface area contributed by atoms with Crippen LogP contribution in [0.1, 0.15) is 78.3 Å². The number of ether oxygens (including phenoxy) is 2. The van der Waals surface area contributed by atoms with Gasteiger partial charge in [0.05, 0.1) is 25.3 Å². The monoisotopic (exact) mass is 733 g/mol. The van der Waals surface area contributed by atoms with Crippen LogP contribution < -0.4 is 21.1 Å². The van der Waals surface area contributed by atoms with Crippen LogP contribution in [-0.2, 0) is 32.1 Å². The van der Waals surface area contributed by atoms with Gasteiger partial charge >= 0.3 is 5.97 Å². The topological polar surface area (TPSA) is 160 Å². The number of hydrogen-bond donors (Lipinski definition) is 3. The molecule has 0 unspecified atom stereocenters. The van der Waals surface area contributed by atoms with E-state index in [1.807, 2.05) is 24.3 Å². The van der Waals surface area contributed by atoms with Crippen LogP contribution in [0.5, 0.6) is 5.75 Å². The Bertz CT molecular complexity index is 1700. The molecular weight excluding hydrogens is 681 g/mol. The minimum atomic E-state index is -0.760. The lowest BCUT2D eigenvalue weighted by Gasteiger charge is -2.27. The van der Waals surface area contributed by atoms with Crippen molar-refractivity contribution in [2.75, 3.05) is 52.3 Å². The summed E-state index contributed by atoms with van der Waals surface area (Å²) in [6.07, 6.45) is 2.71. The van der Waals surface area contributed by atoms with Gasteiger partial charge < -0.3 is 35.6 Å². The first kappa shape index (κ1) is 42.1. The molecule has 0 spiro atoms. The molecule has 0 aliphatic rings. The summed E-state index contributed by atoms with van der Waals surface area (Å²) in [6.45, 7) is 7.12. The molecule has 0 atom stereocenters. The number of carbonyl (C=O) groups is 5. The highest BCUT2D eigenvalue weighted by molar-refractivity contribution is 5.94. The van der Waals surface area contributed by atoms with Gasteiger partial charge in [-0.15, -0.1) is 0 Å². The van der Waals surface area contributed by atoms with Gasteiger partial charge in [0, 0.05) is 51.3 Å². The SMILES string of the molecule is CCOC(=O)c1cc(CNC(=O)c2ccc(OCCN(C)C(=O)CCC(C)(C)CCC(=O)N(C)CCc3ccc(NC(=O)CN)cc3)cc2)ccc1F. The van der Waals surface area contributed by atoms with Gasteiger partial charge in [0.15, 0.2) is 0 Å². The highest BCUT2D eigenvalue weighted by Crippen LogP contribution is 2.29. The Hall–Kier alpha value is -5.30. The predicted molar refractivity (Wildman–Crippen MR) is 201 cm³/mol. The van der Waals surface area contributed by atoms with E-state index in [4.69, 9.17) is 15.2 Å². The van der Waals surface area contributed by atoms with Crippen LogP contribution in [0.4, 0.5) is 10.1 Å². The molecule has 0 aliphatic heterocycles. The molecule has 4 amide bonds. The number of likely N-dealkylation sites (N-methyl/N-ethyl adjacent to an activating group) is 2. The molecule has 53 heavy (non-hydrogen) atoms. The van der Waals surface area contributed by atoms with Gasteiger partial charge in [0.2, 0.25) is 17.7 Å². The molecule has 3 aromatic rings. The summed E-state index contributed by atoms with van der Waals surface area (Å²) < 4.78 is 24.7. The highest BCUT2D eigenvalue weighted by atomic mass is 19.1. The Labute approximate surface area is 311 Å². The molecule has 3 aromatic carbocycles. The Morgan fingerprint density at radius 3 is 2.04 bits per heavy atom. The number of esters is 1. The predicted octanol–water partition coefficient (Wildman–Crippen LogP) is 4.95. The summed E-state index contributed by atoms with van der Waals surface area (Å²) in [7, 11) is 3.52. The Balaban J connectivity index is 1.33. The van der Waals surface area contributed by atoms with E-state index in [2.05, 4.69) is 24.5 Å². The second kappa shape index (κ2) is 20.7. The lowest BCUT2D eigenvalue weighted by atomic mass is 9.83. The van der Waals surface area contributed by atoms with Crippen molar-refractivity contribution in [3.8, 4) is 5.75 Å². The molecule has 4 N–H and O–H groups in total. The van der Waals surface area contributed by atoms with E-state index in [9.17, 15) is 28.4 Å². The van der Waals surface area contributed by atoms with Gasteiger partial charge in [-0.2, -0.15) is 0 Å². The summed E-state index contributed by atoms with van der Waals surface area (Å²) in [6, 6.07) is 18.0. The molecule has 0 aliphatic carbocycles. The number of halogens is 1. The van der Waals surface area contributed by atoms with E-state index in [1.54, 1.807) is 55.1 Å². The van der Waals surface area contributed by atoms with Crippen molar-refractivity contribution in [2.24, 2.45) is 11.1 Å². The smallest absolute Gasteiger partial charge is 0.341 e. The molecule has 0 saturated heterocycles. The number of nitrogens with zero attached hydrogens (tertiary/aromatic N) is 2. The van der Waals surface area contributed by atoms with E-state index in [0.29, 0.717) is 67.8 Å². The maximum Gasteiger partial charge on any atom is 0.341 e. The first-order valence-electron chi connectivity index (χ1n) is 17.7. The molecular formula is C40H52FN5O7. The quantitative estimate of drug-likeness (QED) is 0.138. The Kier molecular flexibility index (Phi) is 16.4. The van der Waals surface area contributed by atoms with Crippen molar-refractivity contribution >= 4 is 35.3 Å². The zero-order valence-electron chi connectivity index (χ0n) is 31.3. The maximum atomic E-state index is 14.0. The zero-order chi connectivity index (χ0) is 39.0. The van der Waals surface area contributed by atoms with Gasteiger partial charge in [-0.05, 0) is 91.3 Å². The molecule has 3 rings (SSSR count). The van der Waals surface area contributed by atoms with Crippen molar-refractivity contribution in [2.45, 2.75) is 59.4 Å². The third kappa shape index (κ3) is 14.3. The van der Waals surface area contributed by atoms with Crippen molar-refractivity contribution in [1.29, 1.82) is 0 Å². The second-order valence-corrected chi connectivity index (χ2v) is 13.6. The average molecular weight is 734 g/mol. The zero-order valence-corrected chi connectivity index (χ0v) is 31.3. The van der Waals surface area contributed by atoms with Crippen molar-refractivity contribution < 1.29 is 37.8 Å². The molecule has 0 radical (unpaired) electrons. The number of nitrogens with one attached hydrogen (secondary N) is 2. The minimum absolute atomic E-state index is 0.0127. The first-order valence-corrected chi connectivity index (χ1v) is 17.7. The van der Waals surface area contributed by atoms with Crippen LogP contribution in [0.3, 0.4) is 0 Å². The van der Waals surface area contributed by atoms with Gasteiger partial charge in [0.25, 0.3) is 5.91 Å². The Morgan fingerprint density at radius 1 is 0.830 bits per heavy atom. The molecule has 12 nitrogen and oxygen atoms in total. The van der Waals surface area contributed by atoms with Crippen LogP contribution in [0.15, 0.2) is 66.7 Å². The third-order valence-corrected chi connectivity index (χ3v) is 8.83. The van der Waals surface area contributed by atoms with Gasteiger partial charge in [0.1, 0.15) is 18.2 Å². The fourth-order valence-corrected chi connectivity index (χ4v) is 5.25. The first-order chi connectivity index (χ1) is 25.2. The highest BCUT2D eigenvalue weighted by Gasteiger charge is 2.23. The van der Waals surface area contributed by atoms with E-state index in [0.717, 1.165) is 5.56 Å². The second-order valence-electron chi connectivity index (χ2n) is 13.6. The van der Waals surface area contributed by atoms with Gasteiger partial charge in [-0.3, -0.25) is 19.2 Å². The summed E-state index contributed by atoms with van der Waals surface area (Å²) in [5.41, 5.74) is 7.62. The van der Waals surface area contributed by atoms with E-state index in [-0.39, 0.29) is 60.9 Å². The third-order valence-electron chi connectivity index (χ3n) is 8.83. The minimum Gasteiger partial charge on any atom is -0.492 e. The number of anilines is 1. The lowest BCUT2D eigenvalue weighted by molar-refractivity contribution is -0.131. The van der Waals surface area contributed by atoms with Crippen LogP contribution in [0, 0.1) is 11.2 Å². The normalized spacial score (nSPS) is 11.0. The van der Waals surface area contributed by atoms with Crippen LogP contribution in [0.2, 0.25) is 0 Å². The van der Waals surface area contributed by atoms with E-state index >= 15 is 0 Å². The summed E-state index contributed by atoms with van der Waals surface area (Å²) in [4.78, 5) is 65.1. The number of nitrogens with two attached hydrogens (primary N) is 1. The fourth-order valence-electron chi connectivity index (χ4n) is 5.25. The molecule has 0 aromatic heterocycles. The van der Waals surface area contributed by atoms with Crippen LogP contribution in [0.25, 0.3) is 0 Å². The molecule has 0 saturated carbocycles. The largest absolute Gasteiger partial charge is 0.492 e. The lowest BCUT2D eigenvalue weighted by Crippen LogP contribution is -2.32. The van der Waals surface area contributed by atoms with Crippen molar-refractivity contribution in [3.05, 3.63) is 94.8 Å². The molecule has 0 fully saturated rings. The number of hydrogen-bond acceptors (Lipinski definition) is 8. The van der Waals surface area contributed by atoms with E-state index < -0.39 is 11.8 Å². The van der Waals surface area contributed by atoms with Crippen LogP contribution in [-0.4, -0.2) is 86.3 Å². The van der Waals surface area contributed by atoms with Gasteiger partial charge in [-0.1, -0.05) is 32.0 Å². The Morgan fingerprint density at radius 2 is 1.43 bits per heavy atom. The molecule has 13 heteroatoms. The molecule has 0 heterocycles. The molecule has 0 bridgehead atoms. The summed E-state index contributed by atoms with van der Waals surface area (Å²) in [5.74, 6) is -1.47. The fraction of sp³-hybridized carbons (Fsp3) is 0.425. The van der Waals surface area contributed by atoms with Crippen molar-refractivity contribution in [1.82, 2.24) is 15.1 Å². The van der Waals surface area contributed by atoms with Gasteiger partial charge in [-0.25, -0.2) is 9.18 Å². The number of amides is 4. The molecule has 286 valence electrons.